The number of allylic oxidation sites excluding steroid dienone is 5. The summed E-state index contributed by atoms with van der Waals surface area (Å²) in [5, 5.41) is 4.30. The molecule has 7 aromatic rings. The van der Waals surface area contributed by atoms with Crippen molar-refractivity contribution in [3.8, 4) is 22.8 Å². The number of hydrogen-bond donors (Lipinski definition) is 0. The number of anilines is 2. The number of ether oxygens (including phenoxy) is 3. The lowest BCUT2D eigenvalue weighted by Gasteiger charge is -2.39. The van der Waals surface area contributed by atoms with Gasteiger partial charge in [-0.2, -0.15) is 5.10 Å². The Hall–Kier alpha value is -6.92. The lowest BCUT2D eigenvalue weighted by Crippen LogP contribution is -2.39. The Morgan fingerprint density at radius 2 is 1.64 bits per heavy atom. The van der Waals surface area contributed by atoms with Crippen LogP contribution in [0.4, 0.5) is 15.9 Å². The summed E-state index contributed by atoms with van der Waals surface area (Å²) in [6, 6.07) is 27.1. The normalized spacial score (nSPS) is 11.8. The van der Waals surface area contributed by atoms with E-state index in [1.54, 1.807) is 34.1 Å². The Morgan fingerprint density at radius 3 is 2.28 bits per heavy atom. The fraction of sp³-hybridized carbons (Fsp3) is 0.196. The summed E-state index contributed by atoms with van der Waals surface area (Å²) in [5.41, 5.74) is 4.79. The molecule has 0 radical (unpaired) electrons. The molecule has 0 N–H and O–H groups in total. The van der Waals surface area contributed by atoms with Crippen LogP contribution in [-0.2, 0) is 30.5 Å². The van der Waals surface area contributed by atoms with Gasteiger partial charge in [0.1, 0.15) is 28.4 Å². The second kappa shape index (κ2) is 17.5. The van der Waals surface area contributed by atoms with Gasteiger partial charge in [-0.05, 0) is 42.7 Å². The number of imidazole rings is 1. The zero-order chi connectivity index (χ0) is 40.6. The predicted molar refractivity (Wildman–Crippen MR) is 225 cm³/mol. The van der Waals surface area contributed by atoms with Gasteiger partial charge in [-0.15, -0.1) is 0 Å². The van der Waals surface area contributed by atoms with Crippen molar-refractivity contribution in [3.63, 3.8) is 0 Å². The third kappa shape index (κ3) is 7.74. The second-order valence-electron chi connectivity index (χ2n) is 13.4. The molecule has 11 nitrogen and oxygen atoms in total. The Bertz CT molecular complexity index is 2540. The Labute approximate surface area is 337 Å². The van der Waals surface area contributed by atoms with Crippen LogP contribution < -0.4 is 14.4 Å². The number of halogens is 1. The molecule has 0 fully saturated rings. The highest BCUT2D eigenvalue weighted by molar-refractivity contribution is 5.77. The van der Waals surface area contributed by atoms with Crippen molar-refractivity contribution in [1.29, 1.82) is 0 Å². The summed E-state index contributed by atoms with van der Waals surface area (Å²) < 4.78 is 37.8. The van der Waals surface area contributed by atoms with Crippen molar-refractivity contribution in [2.45, 2.75) is 32.5 Å². The first-order valence-corrected chi connectivity index (χ1v) is 18.9. The second-order valence-corrected chi connectivity index (χ2v) is 13.4. The van der Waals surface area contributed by atoms with E-state index >= 15 is 4.39 Å². The quantitative estimate of drug-likeness (QED) is 0.0889. The van der Waals surface area contributed by atoms with Crippen molar-refractivity contribution in [2.24, 2.45) is 7.05 Å². The molecule has 0 saturated carbocycles. The Kier molecular flexibility index (Phi) is 11.8. The number of nitrogens with zero attached hydrogens (tertiary/aromatic N) is 8. The summed E-state index contributed by atoms with van der Waals surface area (Å²) >= 11 is 0. The lowest BCUT2D eigenvalue weighted by molar-refractivity contribution is 0.131. The monoisotopic (exact) mass is 776 g/mol. The number of pyridine rings is 1. The van der Waals surface area contributed by atoms with E-state index in [1.165, 1.54) is 20.3 Å². The standard InChI is InChI=1S/C46H45FN8O3/c1-7-9-12-17-32(3)46(34-18-13-10-14-19-34,35-20-15-11-16-21-35)55-29-36(31-58-8-2)50-43(55)30-54(40-24-37(56-5)25-41(57-6)44(40)47)42-23-22-38-45(52-42)51-39(27-48-38)33-26-49-53(4)28-33/h7,9-29H,3,8,30-31H2,1-2,4-6H3/b9-7-,17-12-. The average molecular weight is 777 g/mol. The molecule has 0 saturated heterocycles. The van der Waals surface area contributed by atoms with Gasteiger partial charge in [0.2, 0.25) is 0 Å². The molecule has 0 spiro atoms. The van der Waals surface area contributed by atoms with Crippen LogP contribution in [0, 0.1) is 5.82 Å². The van der Waals surface area contributed by atoms with Crippen LogP contribution in [0.5, 0.6) is 11.5 Å². The SMILES string of the molecule is C=C(/C=C\C=C/C)C(c1ccccc1)(c1ccccc1)n1cc(COCC)nc1CN(c1ccc2ncc(-c3cnn(C)c3)nc2n1)c1cc(OC)cc(OC)c1F. The molecule has 12 heteroatoms. The highest BCUT2D eigenvalue weighted by Crippen LogP contribution is 2.44. The van der Waals surface area contributed by atoms with Crippen LogP contribution >= 0.6 is 0 Å². The van der Waals surface area contributed by atoms with E-state index < -0.39 is 11.4 Å². The number of rotatable bonds is 16. The summed E-state index contributed by atoms with van der Waals surface area (Å²) in [5.74, 6) is 0.746. The van der Waals surface area contributed by atoms with Gasteiger partial charge in [0.05, 0.1) is 56.8 Å². The van der Waals surface area contributed by atoms with Crippen LogP contribution in [0.3, 0.4) is 0 Å². The first-order valence-electron chi connectivity index (χ1n) is 18.9. The van der Waals surface area contributed by atoms with E-state index in [0.717, 1.165) is 22.3 Å². The van der Waals surface area contributed by atoms with Crippen LogP contribution in [-0.4, -0.2) is 55.1 Å². The largest absolute Gasteiger partial charge is 0.497 e. The van der Waals surface area contributed by atoms with Crippen molar-refractivity contribution in [3.05, 3.63) is 175 Å². The van der Waals surface area contributed by atoms with Gasteiger partial charge in [-0.3, -0.25) is 9.67 Å². The molecule has 7 rings (SSSR count). The third-order valence-corrected chi connectivity index (χ3v) is 9.80. The van der Waals surface area contributed by atoms with Crippen LogP contribution in [0.1, 0.15) is 36.5 Å². The van der Waals surface area contributed by atoms with Gasteiger partial charge in [-0.1, -0.05) is 91.5 Å². The summed E-state index contributed by atoms with van der Waals surface area (Å²) in [7, 11) is 4.78. The molecule has 0 atom stereocenters. The zero-order valence-corrected chi connectivity index (χ0v) is 33.2. The molecule has 0 amide bonds. The maximum Gasteiger partial charge on any atom is 0.188 e. The lowest BCUT2D eigenvalue weighted by atomic mass is 9.76. The number of methoxy groups -OCH3 is 2. The minimum atomic E-state index is -1.02. The average Bonchev–Trinajstić information content (AvgIpc) is 3.89. The number of benzene rings is 3. The summed E-state index contributed by atoms with van der Waals surface area (Å²) in [6.07, 6.45) is 15.2. The highest BCUT2D eigenvalue weighted by Gasteiger charge is 2.41. The van der Waals surface area contributed by atoms with Crippen molar-refractivity contribution < 1.29 is 18.6 Å². The van der Waals surface area contributed by atoms with E-state index in [0.29, 0.717) is 46.6 Å². The molecule has 4 aromatic heterocycles. The molecule has 0 aliphatic carbocycles. The molecule has 294 valence electrons. The fourth-order valence-corrected chi connectivity index (χ4v) is 7.07. The molecule has 0 aliphatic heterocycles. The summed E-state index contributed by atoms with van der Waals surface area (Å²) in [6.45, 7) is 9.41. The molecule has 4 heterocycles. The molecular formula is C46H45FN8O3. The van der Waals surface area contributed by atoms with Crippen molar-refractivity contribution >= 4 is 22.7 Å². The van der Waals surface area contributed by atoms with E-state index in [9.17, 15) is 0 Å². The van der Waals surface area contributed by atoms with Gasteiger partial charge in [0.15, 0.2) is 17.2 Å². The fourth-order valence-electron chi connectivity index (χ4n) is 7.07. The molecular weight excluding hydrogens is 732 g/mol. The zero-order valence-electron chi connectivity index (χ0n) is 33.2. The summed E-state index contributed by atoms with van der Waals surface area (Å²) in [4.78, 5) is 21.5. The molecule has 0 aliphatic rings. The van der Waals surface area contributed by atoms with Crippen LogP contribution in [0.2, 0.25) is 0 Å². The van der Waals surface area contributed by atoms with Gasteiger partial charge in [0, 0.05) is 43.7 Å². The van der Waals surface area contributed by atoms with E-state index in [4.69, 9.17) is 35.7 Å². The van der Waals surface area contributed by atoms with Crippen molar-refractivity contribution in [1.82, 2.24) is 34.3 Å². The minimum absolute atomic E-state index is 0.00424. The van der Waals surface area contributed by atoms with Gasteiger partial charge in [0.25, 0.3) is 0 Å². The molecule has 3 aromatic carbocycles. The van der Waals surface area contributed by atoms with E-state index in [1.807, 2.05) is 100 Å². The highest BCUT2D eigenvalue weighted by atomic mass is 19.1. The maximum atomic E-state index is 16.8. The number of fused-ring (bicyclic) bond motifs is 1. The van der Waals surface area contributed by atoms with Crippen LogP contribution in [0.15, 0.2) is 146 Å². The third-order valence-electron chi connectivity index (χ3n) is 9.80. The number of hydrogen-bond acceptors (Lipinski definition) is 9. The molecule has 0 bridgehead atoms. The predicted octanol–water partition coefficient (Wildman–Crippen LogP) is 9.13. The Balaban J connectivity index is 1.50. The van der Waals surface area contributed by atoms with E-state index in [2.05, 4.69) is 38.9 Å². The number of aromatic nitrogens is 7. The molecule has 0 unspecified atom stereocenters. The van der Waals surface area contributed by atoms with Gasteiger partial charge >= 0.3 is 0 Å². The Morgan fingerprint density at radius 1 is 0.897 bits per heavy atom. The van der Waals surface area contributed by atoms with Gasteiger partial charge < -0.3 is 23.7 Å². The number of aryl methyl sites for hydroxylation is 1. The van der Waals surface area contributed by atoms with Gasteiger partial charge in [-0.25, -0.2) is 19.3 Å². The van der Waals surface area contributed by atoms with E-state index in [-0.39, 0.29) is 24.6 Å². The smallest absolute Gasteiger partial charge is 0.188 e. The first-order chi connectivity index (χ1) is 28.3. The van der Waals surface area contributed by atoms with Crippen molar-refractivity contribution in [2.75, 3.05) is 25.7 Å². The maximum absolute atomic E-state index is 16.8. The topological polar surface area (TPSA) is 105 Å². The first kappa shape index (κ1) is 39.3. The minimum Gasteiger partial charge on any atom is -0.497 e. The van der Waals surface area contributed by atoms with Crippen LogP contribution in [0.25, 0.3) is 22.4 Å². The molecule has 58 heavy (non-hydrogen) atoms.